The largest absolute Gasteiger partial charge is 0.444 e. The van der Waals surface area contributed by atoms with Crippen molar-refractivity contribution in [3.05, 3.63) is 21.4 Å². The lowest BCUT2D eigenvalue weighted by molar-refractivity contribution is -0.127. The van der Waals surface area contributed by atoms with Crippen LogP contribution in [0.15, 0.2) is 6.07 Å². The monoisotopic (exact) mass is 393 g/mol. The highest BCUT2D eigenvalue weighted by Gasteiger charge is 2.30. The first-order valence-electron chi connectivity index (χ1n) is 9.42. The molecule has 0 bridgehead atoms. The molecule has 3 rings (SSSR count). The zero-order valence-electron chi connectivity index (χ0n) is 16.1. The first kappa shape index (κ1) is 19.7. The minimum absolute atomic E-state index is 0.212. The van der Waals surface area contributed by atoms with E-state index in [9.17, 15) is 14.4 Å². The summed E-state index contributed by atoms with van der Waals surface area (Å²) in [6, 6.07) is 1.92. The van der Waals surface area contributed by atoms with Crippen molar-refractivity contribution in [3.8, 4) is 0 Å². The molecule has 1 fully saturated rings. The van der Waals surface area contributed by atoms with Gasteiger partial charge in [-0.2, -0.15) is 0 Å². The van der Waals surface area contributed by atoms with E-state index in [0.29, 0.717) is 30.8 Å². The Morgan fingerprint density at radius 2 is 1.85 bits per heavy atom. The molecule has 148 valence electrons. The molecule has 0 aromatic carbocycles. The molecule has 0 spiro atoms. The van der Waals surface area contributed by atoms with Crippen molar-refractivity contribution in [2.45, 2.75) is 58.5 Å². The van der Waals surface area contributed by atoms with Gasteiger partial charge in [-0.25, -0.2) is 4.79 Å². The predicted octanol–water partition coefficient (Wildman–Crippen LogP) is 2.64. The standard InChI is InChI=1S/C19H27N3O4S/c1-19(2,3)26-18(25)22-9-7-12(8-10-22)16(23)20-21-17(24)15-11-13-5-4-6-14(13)27-15/h11-12H,4-10H2,1-3H3,(H,20,23)(H,21,24). The summed E-state index contributed by atoms with van der Waals surface area (Å²) in [5.41, 5.74) is 5.77. The Balaban J connectivity index is 1.43. The fourth-order valence-electron chi connectivity index (χ4n) is 3.37. The number of nitrogens with zero attached hydrogens (tertiary/aromatic N) is 1. The molecule has 1 aliphatic heterocycles. The number of thiophene rings is 1. The first-order chi connectivity index (χ1) is 12.7. The number of likely N-dealkylation sites (tertiary alicyclic amines) is 1. The fourth-order valence-corrected chi connectivity index (χ4v) is 4.52. The van der Waals surface area contributed by atoms with Gasteiger partial charge in [0.2, 0.25) is 5.91 Å². The molecule has 8 heteroatoms. The summed E-state index contributed by atoms with van der Waals surface area (Å²) >= 11 is 1.50. The number of ether oxygens (including phenoxy) is 1. The van der Waals surface area contributed by atoms with E-state index in [1.807, 2.05) is 26.8 Å². The molecule has 2 aliphatic rings. The maximum Gasteiger partial charge on any atom is 0.410 e. The van der Waals surface area contributed by atoms with Crippen molar-refractivity contribution >= 4 is 29.2 Å². The van der Waals surface area contributed by atoms with Gasteiger partial charge in [-0.1, -0.05) is 0 Å². The zero-order chi connectivity index (χ0) is 19.6. The number of rotatable bonds is 2. The van der Waals surface area contributed by atoms with Crippen LogP contribution in [0.4, 0.5) is 4.79 Å². The van der Waals surface area contributed by atoms with Crippen molar-refractivity contribution in [2.75, 3.05) is 13.1 Å². The van der Waals surface area contributed by atoms with Crippen LogP contribution in [-0.4, -0.2) is 41.5 Å². The molecular weight excluding hydrogens is 366 g/mol. The minimum atomic E-state index is -0.530. The van der Waals surface area contributed by atoms with Gasteiger partial charge in [-0.05, 0) is 64.5 Å². The molecular formula is C19H27N3O4S. The Hall–Kier alpha value is -2.09. The van der Waals surface area contributed by atoms with Crippen LogP contribution in [0.25, 0.3) is 0 Å². The molecule has 0 saturated carbocycles. The summed E-state index contributed by atoms with van der Waals surface area (Å²) in [6.45, 7) is 6.43. The lowest BCUT2D eigenvalue weighted by atomic mass is 9.96. The van der Waals surface area contributed by atoms with Gasteiger partial charge in [-0.3, -0.25) is 20.4 Å². The summed E-state index contributed by atoms with van der Waals surface area (Å²) in [6.07, 6.45) is 3.97. The van der Waals surface area contributed by atoms with Crippen LogP contribution >= 0.6 is 11.3 Å². The topological polar surface area (TPSA) is 87.7 Å². The van der Waals surface area contributed by atoms with Crippen molar-refractivity contribution in [1.82, 2.24) is 15.8 Å². The molecule has 2 N–H and O–H groups in total. The number of amides is 3. The Morgan fingerprint density at radius 3 is 2.48 bits per heavy atom. The molecule has 0 radical (unpaired) electrons. The number of hydrogen-bond donors (Lipinski definition) is 2. The summed E-state index contributed by atoms with van der Waals surface area (Å²) < 4.78 is 5.36. The zero-order valence-corrected chi connectivity index (χ0v) is 16.9. The van der Waals surface area contributed by atoms with Gasteiger partial charge in [0.1, 0.15) is 5.60 Å². The maximum atomic E-state index is 12.3. The van der Waals surface area contributed by atoms with Gasteiger partial charge in [0.15, 0.2) is 0 Å². The molecule has 0 unspecified atom stereocenters. The van der Waals surface area contributed by atoms with Crippen LogP contribution in [0.1, 0.15) is 60.1 Å². The van der Waals surface area contributed by atoms with Crippen LogP contribution in [0.2, 0.25) is 0 Å². The molecule has 7 nitrogen and oxygen atoms in total. The second-order valence-corrected chi connectivity index (χ2v) is 9.23. The van der Waals surface area contributed by atoms with Crippen LogP contribution in [0.5, 0.6) is 0 Å². The average Bonchev–Trinajstić information content (AvgIpc) is 3.20. The number of carbonyl (C=O) groups excluding carboxylic acids is 3. The number of aryl methyl sites for hydroxylation is 2. The van der Waals surface area contributed by atoms with Gasteiger partial charge in [-0.15, -0.1) is 11.3 Å². The highest BCUT2D eigenvalue weighted by molar-refractivity contribution is 7.14. The van der Waals surface area contributed by atoms with E-state index in [-0.39, 0.29) is 23.8 Å². The smallest absolute Gasteiger partial charge is 0.410 e. The van der Waals surface area contributed by atoms with Crippen molar-refractivity contribution < 1.29 is 19.1 Å². The summed E-state index contributed by atoms with van der Waals surface area (Å²) in [5.74, 6) is -0.706. The van der Waals surface area contributed by atoms with Gasteiger partial charge in [0, 0.05) is 23.9 Å². The Kier molecular flexibility index (Phi) is 5.74. The molecule has 27 heavy (non-hydrogen) atoms. The van der Waals surface area contributed by atoms with E-state index < -0.39 is 5.60 Å². The maximum absolute atomic E-state index is 12.3. The predicted molar refractivity (Wildman–Crippen MR) is 102 cm³/mol. The molecule has 3 amide bonds. The van der Waals surface area contributed by atoms with Crippen molar-refractivity contribution in [3.63, 3.8) is 0 Å². The van der Waals surface area contributed by atoms with E-state index in [2.05, 4.69) is 10.9 Å². The molecule has 1 aromatic heterocycles. The number of hydrazine groups is 1. The van der Waals surface area contributed by atoms with Crippen LogP contribution in [-0.2, 0) is 22.4 Å². The van der Waals surface area contributed by atoms with E-state index in [0.717, 1.165) is 19.3 Å². The van der Waals surface area contributed by atoms with E-state index >= 15 is 0 Å². The third-order valence-electron chi connectivity index (χ3n) is 4.79. The highest BCUT2D eigenvalue weighted by atomic mass is 32.1. The summed E-state index contributed by atoms with van der Waals surface area (Å²) in [5, 5.41) is 0. The minimum Gasteiger partial charge on any atom is -0.444 e. The second-order valence-electron chi connectivity index (χ2n) is 8.10. The molecule has 0 atom stereocenters. The van der Waals surface area contributed by atoms with Crippen LogP contribution in [0.3, 0.4) is 0 Å². The summed E-state index contributed by atoms with van der Waals surface area (Å²) in [7, 11) is 0. The van der Waals surface area contributed by atoms with Crippen molar-refractivity contribution in [2.24, 2.45) is 5.92 Å². The number of hydrogen-bond acceptors (Lipinski definition) is 5. The first-order valence-corrected chi connectivity index (χ1v) is 10.2. The second kappa shape index (κ2) is 7.88. The Morgan fingerprint density at radius 1 is 1.15 bits per heavy atom. The lowest BCUT2D eigenvalue weighted by Gasteiger charge is -2.32. The normalized spacial score (nSPS) is 17.4. The van der Waals surface area contributed by atoms with E-state index in [1.165, 1.54) is 21.8 Å². The van der Waals surface area contributed by atoms with Gasteiger partial charge in [0.05, 0.1) is 4.88 Å². The third kappa shape index (κ3) is 5.00. The van der Waals surface area contributed by atoms with E-state index in [1.54, 1.807) is 4.90 Å². The number of carbonyl (C=O) groups is 3. The van der Waals surface area contributed by atoms with Gasteiger partial charge in [0.25, 0.3) is 5.91 Å². The third-order valence-corrected chi connectivity index (χ3v) is 6.02. The van der Waals surface area contributed by atoms with Gasteiger partial charge >= 0.3 is 6.09 Å². The summed E-state index contributed by atoms with van der Waals surface area (Å²) in [4.78, 5) is 40.2. The molecule has 2 heterocycles. The van der Waals surface area contributed by atoms with Crippen LogP contribution < -0.4 is 10.9 Å². The highest BCUT2D eigenvalue weighted by Crippen LogP contribution is 2.30. The van der Waals surface area contributed by atoms with Crippen molar-refractivity contribution in [1.29, 1.82) is 0 Å². The lowest BCUT2D eigenvalue weighted by Crippen LogP contribution is -2.48. The number of nitrogens with one attached hydrogen (secondary N) is 2. The van der Waals surface area contributed by atoms with E-state index in [4.69, 9.17) is 4.74 Å². The molecule has 1 aromatic rings. The number of fused-ring (bicyclic) bond motifs is 1. The Labute approximate surface area is 163 Å². The fraction of sp³-hybridized carbons (Fsp3) is 0.632. The SMILES string of the molecule is CC(C)(C)OC(=O)N1CCC(C(=O)NNC(=O)c2cc3c(s2)CCC3)CC1. The van der Waals surface area contributed by atoms with Gasteiger partial charge < -0.3 is 9.64 Å². The quantitative estimate of drug-likeness (QED) is 0.756. The average molecular weight is 394 g/mol. The molecule has 1 aliphatic carbocycles. The van der Waals surface area contributed by atoms with Crippen LogP contribution in [0, 0.1) is 5.92 Å². The number of piperidine rings is 1. The molecule has 1 saturated heterocycles. The Bertz CT molecular complexity index is 708.